The molecule has 1 aliphatic carbocycles. The van der Waals surface area contributed by atoms with Crippen molar-refractivity contribution in [3.63, 3.8) is 0 Å². The standard InChI is InChI=1S/C23H28N6S/c1-17-4-6-18(7-5-17)19-14-23(19)8-12-29(16-23)11-3-13-30-22-27-26-21(28(22)2)20-15-24-9-10-25-20/h4-7,9-10,15,19H,3,8,11-14,16H2,1-2H3/t19-,23+/m1/s1. The fourth-order valence-electron chi connectivity index (χ4n) is 4.77. The molecule has 1 saturated heterocycles. The van der Waals surface area contributed by atoms with Crippen LogP contribution in [0.2, 0.25) is 0 Å². The van der Waals surface area contributed by atoms with Gasteiger partial charge in [-0.15, -0.1) is 10.2 Å². The number of hydrogen-bond donors (Lipinski definition) is 0. The van der Waals surface area contributed by atoms with Crippen LogP contribution < -0.4 is 0 Å². The molecule has 2 aliphatic rings. The van der Waals surface area contributed by atoms with Crippen LogP contribution in [0, 0.1) is 12.3 Å². The van der Waals surface area contributed by atoms with Gasteiger partial charge >= 0.3 is 0 Å². The van der Waals surface area contributed by atoms with Gasteiger partial charge in [-0.25, -0.2) is 4.98 Å². The zero-order valence-corrected chi connectivity index (χ0v) is 18.5. The van der Waals surface area contributed by atoms with Gasteiger partial charge in [0, 0.05) is 31.7 Å². The summed E-state index contributed by atoms with van der Waals surface area (Å²) in [6.45, 7) is 5.84. The molecule has 3 aromatic rings. The molecule has 30 heavy (non-hydrogen) atoms. The Kier molecular flexibility index (Phi) is 5.33. The predicted molar refractivity (Wildman–Crippen MR) is 119 cm³/mol. The van der Waals surface area contributed by atoms with E-state index >= 15 is 0 Å². The molecule has 3 heterocycles. The van der Waals surface area contributed by atoms with Crippen LogP contribution in [0.4, 0.5) is 0 Å². The Morgan fingerprint density at radius 1 is 1.17 bits per heavy atom. The SMILES string of the molecule is Cc1ccc([C@H]2C[C@]23CCN(CCCSc2nnc(-c4cnccn4)n2C)C3)cc1. The van der Waals surface area contributed by atoms with E-state index in [9.17, 15) is 0 Å². The fourth-order valence-corrected chi connectivity index (χ4v) is 5.61. The van der Waals surface area contributed by atoms with E-state index < -0.39 is 0 Å². The molecule has 0 unspecified atom stereocenters. The van der Waals surface area contributed by atoms with E-state index in [0.717, 1.165) is 28.3 Å². The first-order valence-corrected chi connectivity index (χ1v) is 11.7. The molecule has 6 nitrogen and oxygen atoms in total. The van der Waals surface area contributed by atoms with E-state index in [1.807, 2.05) is 11.6 Å². The Hall–Kier alpha value is -2.25. The molecule has 0 N–H and O–H groups in total. The molecular formula is C23H28N6S. The summed E-state index contributed by atoms with van der Waals surface area (Å²) in [5.74, 6) is 2.59. The molecule has 0 bridgehead atoms. The third-order valence-electron chi connectivity index (χ3n) is 6.61. The Balaban J connectivity index is 1.09. The molecule has 2 aromatic heterocycles. The van der Waals surface area contributed by atoms with Crippen LogP contribution in [-0.4, -0.2) is 55.0 Å². The highest BCUT2D eigenvalue weighted by Gasteiger charge is 2.57. The summed E-state index contributed by atoms with van der Waals surface area (Å²) in [7, 11) is 1.99. The molecule has 1 aromatic carbocycles. The van der Waals surface area contributed by atoms with Gasteiger partial charge in [-0.3, -0.25) is 4.98 Å². The van der Waals surface area contributed by atoms with Gasteiger partial charge in [-0.05, 0) is 56.2 Å². The summed E-state index contributed by atoms with van der Waals surface area (Å²) in [6.07, 6.45) is 8.97. The molecule has 1 spiro atoms. The topological polar surface area (TPSA) is 59.7 Å². The number of aromatic nitrogens is 5. The van der Waals surface area contributed by atoms with E-state index in [4.69, 9.17) is 0 Å². The minimum atomic E-state index is 0.553. The van der Waals surface area contributed by atoms with Crippen LogP contribution in [0.5, 0.6) is 0 Å². The van der Waals surface area contributed by atoms with Crippen LogP contribution >= 0.6 is 11.8 Å². The number of rotatable bonds is 7. The largest absolute Gasteiger partial charge is 0.304 e. The van der Waals surface area contributed by atoms with Gasteiger partial charge in [-0.2, -0.15) is 0 Å². The first-order valence-electron chi connectivity index (χ1n) is 10.7. The van der Waals surface area contributed by atoms with Crippen LogP contribution in [0.3, 0.4) is 0 Å². The first kappa shape index (κ1) is 19.7. The molecule has 156 valence electrons. The minimum absolute atomic E-state index is 0.553. The second kappa shape index (κ2) is 8.12. The number of aryl methyl sites for hydroxylation is 1. The highest BCUT2D eigenvalue weighted by molar-refractivity contribution is 7.99. The highest BCUT2D eigenvalue weighted by atomic mass is 32.2. The molecule has 0 amide bonds. The summed E-state index contributed by atoms with van der Waals surface area (Å²) < 4.78 is 2.01. The van der Waals surface area contributed by atoms with Crippen molar-refractivity contribution < 1.29 is 0 Å². The molecule has 0 radical (unpaired) electrons. The predicted octanol–water partition coefficient (Wildman–Crippen LogP) is 3.94. The summed E-state index contributed by atoms with van der Waals surface area (Å²) in [5, 5.41) is 9.57. The van der Waals surface area contributed by atoms with Gasteiger partial charge in [0.25, 0.3) is 0 Å². The summed E-state index contributed by atoms with van der Waals surface area (Å²) in [4.78, 5) is 11.1. The van der Waals surface area contributed by atoms with Crippen molar-refractivity contribution in [2.24, 2.45) is 12.5 Å². The number of thioether (sulfide) groups is 1. The van der Waals surface area contributed by atoms with Crippen LogP contribution in [0.1, 0.15) is 36.3 Å². The van der Waals surface area contributed by atoms with E-state index in [0.29, 0.717) is 5.41 Å². The van der Waals surface area contributed by atoms with Crippen molar-refractivity contribution in [3.8, 4) is 11.5 Å². The molecular weight excluding hydrogens is 392 g/mol. The molecule has 1 saturated carbocycles. The van der Waals surface area contributed by atoms with E-state index in [2.05, 4.69) is 56.3 Å². The zero-order chi connectivity index (χ0) is 20.6. The Bertz CT molecular complexity index is 1000. The Morgan fingerprint density at radius 3 is 2.83 bits per heavy atom. The van der Waals surface area contributed by atoms with Crippen molar-refractivity contribution in [2.75, 3.05) is 25.4 Å². The van der Waals surface area contributed by atoms with Crippen LogP contribution in [-0.2, 0) is 7.05 Å². The van der Waals surface area contributed by atoms with Crippen molar-refractivity contribution in [1.82, 2.24) is 29.6 Å². The van der Waals surface area contributed by atoms with Gasteiger partial charge in [0.15, 0.2) is 11.0 Å². The summed E-state index contributed by atoms with van der Waals surface area (Å²) in [5.41, 5.74) is 4.21. The molecule has 2 atom stereocenters. The maximum atomic E-state index is 4.34. The second-order valence-corrected chi connectivity index (χ2v) is 9.78. The van der Waals surface area contributed by atoms with Gasteiger partial charge in [0.1, 0.15) is 5.69 Å². The van der Waals surface area contributed by atoms with Crippen molar-refractivity contribution in [2.45, 2.75) is 37.3 Å². The lowest BCUT2D eigenvalue weighted by atomic mass is 9.98. The number of hydrogen-bond acceptors (Lipinski definition) is 6. The molecule has 7 heteroatoms. The van der Waals surface area contributed by atoms with E-state index in [1.165, 1.54) is 44.5 Å². The average molecular weight is 421 g/mol. The quantitative estimate of drug-likeness (QED) is 0.426. The normalized spacial score (nSPS) is 23.3. The van der Waals surface area contributed by atoms with Gasteiger partial charge in [0.2, 0.25) is 0 Å². The van der Waals surface area contributed by atoms with Crippen molar-refractivity contribution >= 4 is 11.8 Å². The van der Waals surface area contributed by atoms with E-state index in [1.54, 1.807) is 35.9 Å². The second-order valence-electron chi connectivity index (χ2n) is 8.71. The third-order valence-corrected chi connectivity index (χ3v) is 7.72. The van der Waals surface area contributed by atoms with Crippen LogP contribution in [0.15, 0.2) is 48.0 Å². The van der Waals surface area contributed by atoms with Crippen molar-refractivity contribution in [1.29, 1.82) is 0 Å². The fraction of sp³-hybridized carbons (Fsp3) is 0.478. The monoisotopic (exact) mass is 420 g/mol. The van der Waals surface area contributed by atoms with Gasteiger partial charge in [-0.1, -0.05) is 41.6 Å². The number of likely N-dealkylation sites (tertiary alicyclic amines) is 1. The Morgan fingerprint density at radius 2 is 2.03 bits per heavy atom. The number of nitrogens with zero attached hydrogens (tertiary/aromatic N) is 6. The maximum absolute atomic E-state index is 4.34. The highest BCUT2D eigenvalue weighted by Crippen LogP contribution is 2.64. The first-order chi connectivity index (χ1) is 14.6. The lowest BCUT2D eigenvalue weighted by Gasteiger charge is -2.16. The molecule has 2 fully saturated rings. The summed E-state index contributed by atoms with van der Waals surface area (Å²) >= 11 is 1.77. The lowest BCUT2D eigenvalue weighted by molar-refractivity contribution is 0.319. The third kappa shape index (κ3) is 3.88. The van der Waals surface area contributed by atoms with E-state index in [-0.39, 0.29) is 0 Å². The van der Waals surface area contributed by atoms with Crippen LogP contribution in [0.25, 0.3) is 11.5 Å². The maximum Gasteiger partial charge on any atom is 0.191 e. The van der Waals surface area contributed by atoms with Crippen molar-refractivity contribution in [3.05, 3.63) is 54.0 Å². The van der Waals surface area contributed by atoms with Gasteiger partial charge in [0.05, 0.1) is 6.20 Å². The smallest absolute Gasteiger partial charge is 0.191 e. The Labute approximate surface area is 182 Å². The van der Waals surface area contributed by atoms with Gasteiger partial charge < -0.3 is 9.47 Å². The summed E-state index contributed by atoms with van der Waals surface area (Å²) in [6, 6.07) is 9.19. The average Bonchev–Trinajstić information content (AvgIpc) is 3.11. The minimum Gasteiger partial charge on any atom is -0.304 e. The zero-order valence-electron chi connectivity index (χ0n) is 17.7. The molecule has 5 rings (SSSR count). The number of benzene rings is 1. The molecule has 1 aliphatic heterocycles. The lowest BCUT2D eigenvalue weighted by Crippen LogP contribution is -2.23.